The molecule has 1 aromatic rings. The van der Waals surface area contributed by atoms with Crippen LogP contribution in [0.4, 0.5) is 5.69 Å². The van der Waals surface area contributed by atoms with Crippen LogP contribution in [0.1, 0.15) is 37.8 Å². The van der Waals surface area contributed by atoms with Crippen LogP contribution >= 0.6 is 0 Å². The van der Waals surface area contributed by atoms with Crippen LogP contribution in [0, 0.1) is 0 Å². The van der Waals surface area contributed by atoms with E-state index in [1.54, 1.807) is 0 Å². The van der Waals surface area contributed by atoms with Crippen molar-refractivity contribution in [2.75, 3.05) is 11.9 Å². The van der Waals surface area contributed by atoms with Crippen molar-refractivity contribution in [1.29, 1.82) is 0 Å². The summed E-state index contributed by atoms with van der Waals surface area (Å²) < 4.78 is 0. The number of benzene rings is 1. The summed E-state index contributed by atoms with van der Waals surface area (Å²) in [5.74, 6) is 0.0670. The molecule has 18 heavy (non-hydrogen) atoms. The molecule has 0 spiro atoms. The number of hydrogen-bond acceptors (Lipinski definition) is 2. The number of rotatable bonds is 5. The highest BCUT2D eigenvalue weighted by molar-refractivity contribution is 5.84. The van der Waals surface area contributed by atoms with Crippen LogP contribution in [0.25, 0.3) is 0 Å². The first-order chi connectivity index (χ1) is 8.70. The highest BCUT2D eigenvalue weighted by atomic mass is 16.2. The second kappa shape index (κ2) is 5.89. The van der Waals surface area contributed by atoms with E-state index in [1.807, 2.05) is 6.92 Å². The lowest BCUT2D eigenvalue weighted by molar-refractivity contribution is -0.121. The number of nitrogens with one attached hydrogen (secondary N) is 2. The van der Waals surface area contributed by atoms with Gasteiger partial charge in [0.25, 0.3) is 0 Å². The van der Waals surface area contributed by atoms with E-state index in [4.69, 9.17) is 0 Å². The van der Waals surface area contributed by atoms with Gasteiger partial charge in [0.2, 0.25) is 5.91 Å². The lowest BCUT2D eigenvalue weighted by Crippen LogP contribution is -2.37. The number of hydrogen-bond donors (Lipinski definition) is 2. The second-order valence-electron chi connectivity index (χ2n) is 4.99. The molecule has 0 aliphatic heterocycles. The molecule has 98 valence electrons. The molecule has 0 saturated heterocycles. The molecule has 1 unspecified atom stereocenters. The van der Waals surface area contributed by atoms with Crippen molar-refractivity contribution in [2.24, 2.45) is 0 Å². The van der Waals surface area contributed by atoms with Crippen LogP contribution in [0.3, 0.4) is 0 Å². The summed E-state index contributed by atoms with van der Waals surface area (Å²) in [4.78, 5) is 11.8. The Morgan fingerprint density at radius 3 is 2.89 bits per heavy atom. The molecule has 0 saturated carbocycles. The number of carbonyl (C=O) groups excluding carboxylic acids is 1. The quantitative estimate of drug-likeness (QED) is 0.838. The Bertz CT molecular complexity index is 429. The van der Waals surface area contributed by atoms with Gasteiger partial charge >= 0.3 is 0 Å². The average Bonchev–Trinajstić information content (AvgIpc) is 2.83. The van der Waals surface area contributed by atoms with Gasteiger partial charge in [0.1, 0.15) is 6.04 Å². The minimum atomic E-state index is -0.184. The summed E-state index contributed by atoms with van der Waals surface area (Å²) in [5.41, 5.74) is 3.94. The first-order valence-electron chi connectivity index (χ1n) is 6.86. The third-order valence-electron chi connectivity index (χ3n) is 3.42. The average molecular weight is 246 g/mol. The SMILES string of the molecule is CCCNC(=O)C(C)Nc1ccc2c(c1)CCC2. The van der Waals surface area contributed by atoms with Crippen molar-refractivity contribution in [3.63, 3.8) is 0 Å². The van der Waals surface area contributed by atoms with E-state index in [2.05, 4.69) is 35.8 Å². The van der Waals surface area contributed by atoms with Crippen molar-refractivity contribution >= 4 is 11.6 Å². The van der Waals surface area contributed by atoms with Crippen molar-refractivity contribution in [2.45, 2.75) is 45.6 Å². The Balaban J connectivity index is 1.94. The molecule has 0 fully saturated rings. The largest absolute Gasteiger partial charge is 0.374 e. The standard InChI is InChI=1S/C15H22N2O/c1-3-9-16-15(18)11(2)17-14-8-7-12-5-4-6-13(12)10-14/h7-8,10-11,17H,3-6,9H2,1-2H3,(H,16,18). The molecule has 2 N–H and O–H groups in total. The van der Waals surface area contributed by atoms with Gasteiger partial charge in [-0.2, -0.15) is 0 Å². The molecule has 1 aromatic carbocycles. The second-order valence-corrected chi connectivity index (χ2v) is 4.99. The van der Waals surface area contributed by atoms with E-state index >= 15 is 0 Å². The zero-order valence-corrected chi connectivity index (χ0v) is 11.3. The Hall–Kier alpha value is -1.51. The maximum atomic E-state index is 11.8. The van der Waals surface area contributed by atoms with Gasteiger partial charge in [-0.1, -0.05) is 13.0 Å². The molecule has 1 aliphatic carbocycles. The zero-order valence-electron chi connectivity index (χ0n) is 11.3. The maximum absolute atomic E-state index is 11.8. The van der Waals surface area contributed by atoms with Gasteiger partial charge in [0, 0.05) is 12.2 Å². The first kappa shape index (κ1) is 12.9. The topological polar surface area (TPSA) is 41.1 Å². The third-order valence-corrected chi connectivity index (χ3v) is 3.42. The van der Waals surface area contributed by atoms with E-state index in [1.165, 1.54) is 30.4 Å². The zero-order chi connectivity index (χ0) is 13.0. The molecule has 2 rings (SSSR count). The van der Waals surface area contributed by atoms with Crippen molar-refractivity contribution in [3.8, 4) is 0 Å². The molecule has 0 heterocycles. The van der Waals surface area contributed by atoms with Crippen molar-refractivity contribution in [3.05, 3.63) is 29.3 Å². The lowest BCUT2D eigenvalue weighted by atomic mass is 10.1. The summed E-state index contributed by atoms with van der Waals surface area (Å²) in [6.45, 7) is 4.70. The molecule has 1 amide bonds. The van der Waals surface area contributed by atoms with E-state index in [9.17, 15) is 4.79 Å². The summed E-state index contributed by atoms with van der Waals surface area (Å²) in [5, 5.41) is 6.17. The summed E-state index contributed by atoms with van der Waals surface area (Å²) >= 11 is 0. The third kappa shape index (κ3) is 3.03. The Kier molecular flexibility index (Phi) is 4.24. The molecular weight excluding hydrogens is 224 g/mol. The predicted octanol–water partition coefficient (Wildman–Crippen LogP) is 2.50. The van der Waals surface area contributed by atoms with E-state index < -0.39 is 0 Å². The highest BCUT2D eigenvalue weighted by Gasteiger charge is 2.14. The summed E-state index contributed by atoms with van der Waals surface area (Å²) in [6, 6.07) is 6.26. The van der Waals surface area contributed by atoms with Gasteiger partial charge in [-0.15, -0.1) is 0 Å². The molecule has 0 bridgehead atoms. The fourth-order valence-corrected chi connectivity index (χ4v) is 2.38. The maximum Gasteiger partial charge on any atom is 0.242 e. The Labute approximate surface area is 109 Å². The van der Waals surface area contributed by atoms with E-state index in [0.717, 1.165) is 18.7 Å². The Morgan fingerprint density at radius 1 is 1.33 bits per heavy atom. The number of fused-ring (bicyclic) bond motifs is 1. The summed E-state index contributed by atoms with van der Waals surface area (Å²) in [7, 11) is 0. The number of carbonyl (C=O) groups is 1. The van der Waals surface area contributed by atoms with Gasteiger partial charge in [-0.05, 0) is 55.9 Å². The lowest BCUT2D eigenvalue weighted by Gasteiger charge is -2.15. The molecule has 3 heteroatoms. The van der Waals surface area contributed by atoms with Gasteiger partial charge in [-0.25, -0.2) is 0 Å². The van der Waals surface area contributed by atoms with Crippen LogP contribution in [-0.2, 0) is 17.6 Å². The molecule has 1 aliphatic rings. The van der Waals surface area contributed by atoms with E-state index in [-0.39, 0.29) is 11.9 Å². The monoisotopic (exact) mass is 246 g/mol. The van der Waals surface area contributed by atoms with Crippen LogP contribution in [-0.4, -0.2) is 18.5 Å². The van der Waals surface area contributed by atoms with Gasteiger partial charge in [0.15, 0.2) is 0 Å². The van der Waals surface area contributed by atoms with Crippen LogP contribution in [0.15, 0.2) is 18.2 Å². The number of amides is 1. The molecule has 3 nitrogen and oxygen atoms in total. The minimum absolute atomic E-state index is 0.0670. The van der Waals surface area contributed by atoms with Crippen LogP contribution in [0.5, 0.6) is 0 Å². The molecular formula is C15H22N2O. The normalized spacial score (nSPS) is 15.0. The predicted molar refractivity (Wildman–Crippen MR) is 74.9 cm³/mol. The van der Waals surface area contributed by atoms with E-state index in [0.29, 0.717) is 0 Å². The van der Waals surface area contributed by atoms with Crippen molar-refractivity contribution < 1.29 is 4.79 Å². The smallest absolute Gasteiger partial charge is 0.242 e. The van der Waals surface area contributed by atoms with Gasteiger partial charge in [-0.3, -0.25) is 4.79 Å². The Morgan fingerprint density at radius 2 is 2.11 bits per heavy atom. The highest BCUT2D eigenvalue weighted by Crippen LogP contribution is 2.25. The van der Waals surface area contributed by atoms with Gasteiger partial charge in [0.05, 0.1) is 0 Å². The molecule has 0 radical (unpaired) electrons. The van der Waals surface area contributed by atoms with Crippen LogP contribution < -0.4 is 10.6 Å². The first-order valence-corrected chi connectivity index (χ1v) is 6.86. The minimum Gasteiger partial charge on any atom is -0.374 e. The van der Waals surface area contributed by atoms with Crippen molar-refractivity contribution in [1.82, 2.24) is 5.32 Å². The molecule has 0 aromatic heterocycles. The fraction of sp³-hybridized carbons (Fsp3) is 0.533. The van der Waals surface area contributed by atoms with Gasteiger partial charge < -0.3 is 10.6 Å². The molecule has 1 atom stereocenters. The fourth-order valence-electron chi connectivity index (χ4n) is 2.38. The van der Waals surface area contributed by atoms with Crippen LogP contribution in [0.2, 0.25) is 0 Å². The number of aryl methyl sites for hydroxylation is 2. The summed E-state index contributed by atoms with van der Waals surface area (Å²) in [6.07, 6.45) is 4.59. The number of anilines is 1.